The highest BCUT2D eigenvalue weighted by Gasteiger charge is 2.16. The van der Waals surface area contributed by atoms with Crippen molar-refractivity contribution >= 4 is 30.2 Å². The van der Waals surface area contributed by atoms with E-state index in [9.17, 15) is 29.1 Å². The van der Waals surface area contributed by atoms with Crippen molar-refractivity contribution in [2.45, 2.75) is 44.6 Å². The molecule has 0 fully saturated rings. The van der Waals surface area contributed by atoms with Crippen LogP contribution in [0.15, 0.2) is 60.7 Å². The van der Waals surface area contributed by atoms with Crippen LogP contribution < -0.4 is 29.6 Å². The number of hydrogen-bond acceptors (Lipinski definition) is 21. The number of aliphatic hydroxyl groups is 1. The summed E-state index contributed by atoms with van der Waals surface area (Å²) in [4.78, 5) is 58.9. The number of Topliss-reactive ketones (excluding diaryl/α,β-unsaturated/α-hetero) is 1. The molecule has 0 bridgehead atoms. The predicted octanol–water partition coefficient (Wildman–Crippen LogP) is 3.54. The summed E-state index contributed by atoms with van der Waals surface area (Å²) in [6, 6.07) is 17.6. The Bertz CT molecular complexity index is 2130. The second-order valence-electron chi connectivity index (χ2n) is 17.5. The van der Waals surface area contributed by atoms with Crippen molar-refractivity contribution in [3.05, 3.63) is 82.9 Å². The van der Waals surface area contributed by atoms with Gasteiger partial charge in [0, 0.05) is 43.5 Å². The fraction of sp³-hybridized carbons (Fsp3) is 0.603. The van der Waals surface area contributed by atoms with Crippen LogP contribution in [0.4, 0.5) is 0 Å². The largest absolute Gasteiger partial charge is 0.493 e. The molecule has 1 atom stereocenters. The molecule has 454 valence electrons. The molecule has 0 aliphatic rings. The quantitative estimate of drug-likeness (QED) is 0.0539. The first-order chi connectivity index (χ1) is 39.8. The van der Waals surface area contributed by atoms with Crippen molar-refractivity contribution < 1.29 is 100 Å². The summed E-state index contributed by atoms with van der Waals surface area (Å²) >= 11 is 0. The van der Waals surface area contributed by atoms with Gasteiger partial charge in [-0.1, -0.05) is 30.3 Å². The van der Waals surface area contributed by atoms with Crippen LogP contribution >= 0.6 is 0 Å². The number of unbranched alkanes of at least 4 members (excludes halogenated alkanes) is 1. The van der Waals surface area contributed by atoms with Crippen LogP contribution in [0.25, 0.3) is 0 Å². The molecule has 2 amide bonds. The van der Waals surface area contributed by atoms with E-state index in [1.807, 2.05) is 24.3 Å². The lowest BCUT2D eigenvalue weighted by molar-refractivity contribution is -0.124. The Morgan fingerprint density at radius 3 is 1.43 bits per heavy atom. The van der Waals surface area contributed by atoms with E-state index in [1.165, 1.54) is 0 Å². The Hall–Kier alpha value is -5.67. The van der Waals surface area contributed by atoms with Crippen LogP contribution in [-0.2, 0) is 84.1 Å². The van der Waals surface area contributed by atoms with Crippen LogP contribution in [0, 0.1) is 0 Å². The molecule has 0 saturated carbocycles. The maximum atomic E-state index is 12.3. The molecule has 3 rings (SSSR count). The molecule has 3 aromatic rings. The van der Waals surface area contributed by atoms with Gasteiger partial charge in [0.15, 0.2) is 24.7 Å². The topological polar surface area (TPSA) is 268 Å². The number of carbonyl (C=O) groups is 5. The summed E-state index contributed by atoms with van der Waals surface area (Å²) < 4.78 is 82.5. The van der Waals surface area contributed by atoms with E-state index in [0.717, 1.165) is 11.8 Å². The molecule has 0 heterocycles. The van der Waals surface area contributed by atoms with Gasteiger partial charge < -0.3 is 91.6 Å². The summed E-state index contributed by atoms with van der Waals surface area (Å²) in [5, 5.41) is 16.2. The molecule has 0 aromatic heterocycles. The number of rotatable bonds is 55. The van der Waals surface area contributed by atoms with Gasteiger partial charge in [-0.15, -0.1) is 0 Å². The summed E-state index contributed by atoms with van der Waals surface area (Å²) in [6.45, 7) is 9.20. The van der Waals surface area contributed by atoms with Gasteiger partial charge in [-0.05, 0) is 60.7 Å². The minimum absolute atomic E-state index is 0.0244. The van der Waals surface area contributed by atoms with Crippen LogP contribution in [0.3, 0.4) is 0 Å². The van der Waals surface area contributed by atoms with Crippen molar-refractivity contribution in [1.29, 1.82) is 0 Å². The first-order valence-electron chi connectivity index (χ1n) is 27.4. The average Bonchev–Trinajstić information content (AvgIpc) is 3.48. The lowest BCUT2D eigenvalue weighted by Gasteiger charge is -2.14. The summed E-state index contributed by atoms with van der Waals surface area (Å²) in [6.07, 6.45) is 2.75. The number of hydrogen-bond donors (Lipinski definition) is 3. The van der Waals surface area contributed by atoms with Crippen molar-refractivity contribution in [2.24, 2.45) is 0 Å². The number of benzene rings is 3. The molecule has 23 nitrogen and oxygen atoms in total. The Balaban J connectivity index is 0.964. The van der Waals surface area contributed by atoms with Gasteiger partial charge in [0.1, 0.15) is 29.9 Å². The molecular formula is C58H86N2O21. The monoisotopic (exact) mass is 1150 g/mol. The molecule has 23 heteroatoms. The normalized spacial score (nSPS) is 11.5. The number of aldehydes is 2. The van der Waals surface area contributed by atoms with Crippen LogP contribution in [-0.4, -0.2) is 221 Å². The second-order valence-corrected chi connectivity index (χ2v) is 17.5. The molecule has 0 aliphatic heterocycles. The third-order valence-corrected chi connectivity index (χ3v) is 11.4. The van der Waals surface area contributed by atoms with E-state index >= 15 is 0 Å². The third kappa shape index (κ3) is 35.1. The van der Waals surface area contributed by atoms with Crippen molar-refractivity contribution in [1.82, 2.24) is 10.6 Å². The highest BCUT2D eigenvalue weighted by molar-refractivity contribution is 5.87. The van der Waals surface area contributed by atoms with E-state index in [-0.39, 0.29) is 62.6 Å². The number of methoxy groups -OCH3 is 2. The fourth-order valence-electron chi connectivity index (χ4n) is 7.22. The number of amides is 2. The molecule has 81 heavy (non-hydrogen) atoms. The summed E-state index contributed by atoms with van der Waals surface area (Å²) in [5.74, 6) is 1.29. The Kier molecular flexibility index (Phi) is 41.2. The maximum absolute atomic E-state index is 12.3. The Morgan fingerprint density at radius 2 is 0.975 bits per heavy atom. The number of aryl methyl sites for hydroxylation is 1. The van der Waals surface area contributed by atoms with Gasteiger partial charge in [0.2, 0.25) is 0 Å². The number of ether oxygens (including phenoxy) is 15. The van der Waals surface area contributed by atoms with E-state index in [1.54, 1.807) is 50.6 Å². The highest BCUT2D eigenvalue weighted by atomic mass is 16.6. The Morgan fingerprint density at radius 1 is 0.519 bits per heavy atom. The summed E-state index contributed by atoms with van der Waals surface area (Å²) in [7, 11) is 3.18. The number of ketones is 1. The zero-order valence-electron chi connectivity index (χ0n) is 47.2. The van der Waals surface area contributed by atoms with Gasteiger partial charge in [0.25, 0.3) is 11.8 Å². The minimum atomic E-state index is -0.707. The molecular weight excluding hydrogens is 1060 g/mol. The molecule has 1 unspecified atom stereocenters. The Labute approximate surface area is 476 Å². The lowest BCUT2D eigenvalue weighted by atomic mass is 9.99. The van der Waals surface area contributed by atoms with Gasteiger partial charge in [0.05, 0.1) is 166 Å². The van der Waals surface area contributed by atoms with Gasteiger partial charge in [-0.3, -0.25) is 19.2 Å². The third-order valence-electron chi connectivity index (χ3n) is 11.4. The molecule has 0 aliphatic carbocycles. The summed E-state index contributed by atoms with van der Waals surface area (Å²) in [5.41, 5.74) is 2.45. The van der Waals surface area contributed by atoms with E-state index < -0.39 is 6.10 Å². The lowest BCUT2D eigenvalue weighted by Crippen LogP contribution is -2.32. The molecule has 0 saturated heterocycles. The van der Waals surface area contributed by atoms with Crippen molar-refractivity contribution in [2.75, 3.05) is 186 Å². The van der Waals surface area contributed by atoms with E-state index in [2.05, 4.69) is 10.6 Å². The smallest absolute Gasteiger partial charge is 0.258 e. The van der Waals surface area contributed by atoms with Crippen LogP contribution in [0.5, 0.6) is 23.0 Å². The minimum Gasteiger partial charge on any atom is -0.493 e. The number of nitrogens with one attached hydrogen (secondary N) is 2. The molecule has 3 N–H and O–H groups in total. The average molecular weight is 1150 g/mol. The zero-order valence-corrected chi connectivity index (χ0v) is 47.2. The highest BCUT2D eigenvalue weighted by Crippen LogP contribution is 2.30. The maximum Gasteiger partial charge on any atom is 0.258 e. The van der Waals surface area contributed by atoms with Crippen molar-refractivity contribution in [3.8, 4) is 23.0 Å². The van der Waals surface area contributed by atoms with E-state index in [4.69, 9.17) is 71.1 Å². The fourth-order valence-corrected chi connectivity index (χ4v) is 7.22. The van der Waals surface area contributed by atoms with Gasteiger partial charge in [-0.25, -0.2) is 0 Å². The molecule has 3 aromatic carbocycles. The zero-order chi connectivity index (χ0) is 58.1. The predicted molar refractivity (Wildman–Crippen MR) is 296 cm³/mol. The van der Waals surface area contributed by atoms with Gasteiger partial charge >= 0.3 is 0 Å². The standard InChI is InChI=1S/C58H86N2O21/c1-67-55-15-13-47(41-56(55)68-2)12-14-53(64)48-7-5-10-51(42-48)80-45-57(65)59-16-19-69-21-23-71-25-27-73-29-31-75-33-35-77-37-39-79-40-38-78-36-34-76-32-30-74-28-26-72-24-22-70-20-17-60-58(66)46-81-54-11-6-8-49(44-62)52(54)43-50(63)9-3-4-18-61/h5-8,10-11,13,15,18,41-42,44,53,64H,3-4,9,12,14,16-17,19-40,43,45-46H2,1-2H3,(H,59,65)(H,60,66). The second kappa shape index (κ2) is 47.9. The van der Waals surface area contributed by atoms with Crippen LogP contribution in [0.2, 0.25) is 0 Å². The molecule has 0 spiro atoms. The molecule has 0 radical (unpaired) electrons. The SMILES string of the molecule is COc1ccc(CCC(O)c2cccc(OCC(=O)NCCOCCOCCOCCOCCOCCOCCOCCOCCOCCOCCOCCNC(=O)COc3cccc(C=O)c3CC(=O)CCCC=O)c2)cc1OC. The first-order valence-corrected chi connectivity index (χ1v) is 27.4. The van der Waals surface area contributed by atoms with E-state index in [0.29, 0.717) is 211 Å². The van der Waals surface area contributed by atoms with Gasteiger partial charge in [-0.2, -0.15) is 0 Å². The number of carbonyl (C=O) groups excluding carboxylic acids is 5. The number of aliphatic hydroxyl groups excluding tert-OH is 1. The first kappa shape index (κ1) is 69.6. The van der Waals surface area contributed by atoms with Crippen LogP contribution in [0.1, 0.15) is 58.8 Å². The van der Waals surface area contributed by atoms with Crippen molar-refractivity contribution in [3.63, 3.8) is 0 Å².